The predicted octanol–water partition coefficient (Wildman–Crippen LogP) is 7.31. The lowest BCUT2D eigenvalue weighted by atomic mass is 9.82. The minimum Gasteiger partial charge on any atom is -0.387 e. The number of aliphatic hydroxyl groups is 1. The second-order valence-electron chi connectivity index (χ2n) is 10.8. The number of fused-ring (bicyclic) bond motifs is 1. The Morgan fingerprint density at radius 1 is 0.868 bits per heavy atom. The smallest absolute Gasteiger partial charge is 0.387 e. The molecule has 1 heterocycles. The standard InChI is InChI=1S/C33H36N2O2P/c36-33(26-16-8-3-9-17-26)27-20-21-28-31(22-27)38(37)35(32(28)25-14-6-2-7-15-25)30-19-11-10-18-29(30)34-23-24-12-4-1-5-13-24/h1-9,12-17,20-22,27-30,32-34,36H,10-11,18-19,23H2/q+1/t27?,28?,29-,30-,32+,33+/m0/s1. The highest BCUT2D eigenvalue weighted by molar-refractivity contribution is 7.47. The Kier molecular flexibility index (Phi) is 7.67. The van der Waals surface area contributed by atoms with Gasteiger partial charge in [-0.15, -0.1) is 0 Å². The zero-order chi connectivity index (χ0) is 25.9. The Hall–Kier alpha value is -2.88. The van der Waals surface area contributed by atoms with E-state index in [4.69, 9.17) is 0 Å². The van der Waals surface area contributed by atoms with Crippen LogP contribution in [0.25, 0.3) is 0 Å². The highest BCUT2D eigenvalue weighted by atomic mass is 31.1. The Morgan fingerprint density at radius 3 is 2.26 bits per heavy atom. The zero-order valence-corrected chi connectivity index (χ0v) is 22.5. The molecule has 3 aromatic carbocycles. The van der Waals surface area contributed by atoms with Crippen molar-refractivity contribution in [2.75, 3.05) is 0 Å². The fourth-order valence-corrected chi connectivity index (χ4v) is 8.61. The maximum atomic E-state index is 14.4. The highest BCUT2D eigenvalue weighted by Gasteiger charge is 2.59. The van der Waals surface area contributed by atoms with E-state index in [1.54, 1.807) is 0 Å². The van der Waals surface area contributed by atoms with E-state index in [2.05, 4.69) is 82.8 Å². The number of nitrogens with zero attached hydrogens (tertiary/aromatic N) is 1. The maximum Gasteiger partial charge on any atom is 0.471 e. The van der Waals surface area contributed by atoms with Crippen LogP contribution in [0, 0.1) is 11.8 Å². The molecule has 1 saturated carbocycles. The lowest BCUT2D eigenvalue weighted by Gasteiger charge is -2.36. The van der Waals surface area contributed by atoms with Gasteiger partial charge in [0.25, 0.3) is 0 Å². The van der Waals surface area contributed by atoms with Crippen molar-refractivity contribution in [3.05, 3.63) is 131 Å². The number of rotatable bonds is 7. The van der Waals surface area contributed by atoms with Crippen molar-refractivity contribution in [1.82, 2.24) is 9.99 Å². The van der Waals surface area contributed by atoms with Gasteiger partial charge < -0.3 is 10.4 Å². The first-order valence-electron chi connectivity index (χ1n) is 13.9. The van der Waals surface area contributed by atoms with Gasteiger partial charge in [0.1, 0.15) is 0 Å². The van der Waals surface area contributed by atoms with Crippen molar-refractivity contribution < 1.29 is 9.67 Å². The van der Waals surface area contributed by atoms with Gasteiger partial charge in [0.2, 0.25) is 0 Å². The van der Waals surface area contributed by atoms with E-state index in [1.807, 2.05) is 36.4 Å². The summed E-state index contributed by atoms with van der Waals surface area (Å²) in [4.78, 5) is 0. The van der Waals surface area contributed by atoms with Gasteiger partial charge in [-0.1, -0.05) is 121 Å². The molecule has 194 valence electrons. The Labute approximate surface area is 226 Å². The minimum absolute atomic E-state index is 0.0289. The van der Waals surface area contributed by atoms with E-state index in [0.717, 1.165) is 36.7 Å². The van der Waals surface area contributed by atoms with Crippen LogP contribution in [-0.4, -0.2) is 21.9 Å². The number of nitrogens with one attached hydrogen (secondary N) is 1. The summed E-state index contributed by atoms with van der Waals surface area (Å²) in [7, 11) is -1.74. The molecule has 3 unspecified atom stereocenters. The Bertz CT molecular complexity index is 1290. The summed E-state index contributed by atoms with van der Waals surface area (Å²) in [5.74, 6) is -0.130. The largest absolute Gasteiger partial charge is 0.471 e. The van der Waals surface area contributed by atoms with Crippen LogP contribution in [0.1, 0.15) is 54.5 Å². The fourth-order valence-electron chi connectivity index (χ4n) is 6.51. The normalized spacial score (nSPS) is 29.0. The van der Waals surface area contributed by atoms with E-state index >= 15 is 0 Å². The SMILES string of the molecule is O=[P+]1C2=CC([C@H](O)c3ccccc3)C=CC2[C@@H](c2ccccc2)N1[C@H]1CCCC[C@@H]1NCc1ccccc1. The molecule has 7 atom stereocenters. The molecule has 0 amide bonds. The molecule has 2 fully saturated rings. The van der Waals surface area contributed by atoms with Gasteiger partial charge in [-0.05, 0) is 40.2 Å². The molecule has 1 aliphatic heterocycles. The maximum absolute atomic E-state index is 14.4. The summed E-state index contributed by atoms with van der Waals surface area (Å²) in [6.45, 7) is 0.819. The monoisotopic (exact) mass is 523 g/mol. The first-order chi connectivity index (χ1) is 18.7. The molecule has 0 aromatic heterocycles. The molecular weight excluding hydrogens is 487 g/mol. The van der Waals surface area contributed by atoms with Crippen molar-refractivity contribution in [3.63, 3.8) is 0 Å². The Balaban J connectivity index is 1.32. The van der Waals surface area contributed by atoms with Crippen LogP contribution in [0.15, 0.2) is 115 Å². The van der Waals surface area contributed by atoms with Crippen LogP contribution in [0.3, 0.4) is 0 Å². The van der Waals surface area contributed by atoms with Crippen LogP contribution in [0.5, 0.6) is 0 Å². The molecule has 2 N–H and O–H groups in total. The quantitative estimate of drug-likeness (QED) is 0.252. The summed E-state index contributed by atoms with van der Waals surface area (Å²) in [6.07, 6.45) is 10.3. The van der Waals surface area contributed by atoms with Gasteiger partial charge in [0.15, 0.2) is 5.31 Å². The van der Waals surface area contributed by atoms with E-state index in [-0.39, 0.29) is 30.0 Å². The topological polar surface area (TPSA) is 52.6 Å². The molecule has 3 aliphatic rings. The van der Waals surface area contributed by atoms with E-state index in [1.165, 1.54) is 17.5 Å². The van der Waals surface area contributed by atoms with E-state index < -0.39 is 14.1 Å². The lowest BCUT2D eigenvalue weighted by molar-refractivity contribution is 0.147. The second-order valence-corrected chi connectivity index (χ2v) is 12.3. The van der Waals surface area contributed by atoms with Crippen LogP contribution < -0.4 is 5.32 Å². The summed E-state index contributed by atoms with van der Waals surface area (Å²) in [6, 6.07) is 31.4. The fraction of sp³-hybridized carbons (Fsp3) is 0.333. The summed E-state index contributed by atoms with van der Waals surface area (Å²) in [5, 5.41) is 16.0. The predicted molar refractivity (Wildman–Crippen MR) is 154 cm³/mol. The number of aliphatic hydroxyl groups excluding tert-OH is 1. The Morgan fingerprint density at radius 2 is 1.53 bits per heavy atom. The second kappa shape index (κ2) is 11.5. The molecule has 1 saturated heterocycles. The highest BCUT2D eigenvalue weighted by Crippen LogP contribution is 2.62. The molecule has 5 heteroatoms. The molecule has 6 rings (SSSR count). The van der Waals surface area contributed by atoms with Crippen LogP contribution >= 0.6 is 7.95 Å². The van der Waals surface area contributed by atoms with Crippen molar-refractivity contribution in [2.24, 2.45) is 11.8 Å². The molecule has 0 radical (unpaired) electrons. The number of benzene rings is 3. The molecule has 0 bridgehead atoms. The summed E-state index contributed by atoms with van der Waals surface area (Å²) < 4.78 is 16.7. The minimum atomic E-state index is -1.74. The third kappa shape index (κ3) is 5.07. The van der Waals surface area contributed by atoms with Crippen LogP contribution in [0.4, 0.5) is 0 Å². The average Bonchev–Trinajstić information content (AvgIpc) is 3.28. The number of hydrogen-bond acceptors (Lipinski definition) is 3. The summed E-state index contributed by atoms with van der Waals surface area (Å²) in [5.41, 5.74) is 3.38. The molecule has 0 spiro atoms. The third-order valence-electron chi connectivity index (χ3n) is 8.43. The van der Waals surface area contributed by atoms with Gasteiger partial charge in [-0.25, -0.2) is 0 Å². The van der Waals surface area contributed by atoms with Gasteiger partial charge in [0, 0.05) is 18.5 Å². The van der Waals surface area contributed by atoms with Crippen molar-refractivity contribution in [2.45, 2.75) is 56.5 Å². The molecular formula is C33H36N2O2P+. The van der Waals surface area contributed by atoms with Gasteiger partial charge >= 0.3 is 7.95 Å². The zero-order valence-electron chi connectivity index (χ0n) is 21.6. The first kappa shape index (κ1) is 25.4. The molecule has 2 aliphatic carbocycles. The average molecular weight is 524 g/mol. The van der Waals surface area contributed by atoms with E-state index in [0.29, 0.717) is 0 Å². The first-order valence-corrected chi connectivity index (χ1v) is 15.1. The van der Waals surface area contributed by atoms with Crippen molar-refractivity contribution >= 4 is 7.95 Å². The molecule has 38 heavy (non-hydrogen) atoms. The van der Waals surface area contributed by atoms with Gasteiger partial charge in [0.05, 0.1) is 24.1 Å². The third-order valence-corrected chi connectivity index (χ3v) is 10.3. The van der Waals surface area contributed by atoms with Crippen LogP contribution in [-0.2, 0) is 11.1 Å². The summed E-state index contributed by atoms with van der Waals surface area (Å²) >= 11 is 0. The lowest BCUT2D eigenvalue weighted by Crippen LogP contribution is -2.49. The van der Waals surface area contributed by atoms with E-state index in [9.17, 15) is 9.67 Å². The number of hydrogen-bond donors (Lipinski definition) is 2. The van der Waals surface area contributed by atoms with Gasteiger partial charge in [-0.2, -0.15) is 0 Å². The van der Waals surface area contributed by atoms with Crippen molar-refractivity contribution in [3.8, 4) is 0 Å². The van der Waals surface area contributed by atoms with Crippen molar-refractivity contribution in [1.29, 1.82) is 0 Å². The molecule has 4 nitrogen and oxygen atoms in total. The van der Waals surface area contributed by atoms with Crippen LogP contribution in [0.2, 0.25) is 0 Å². The molecule has 3 aromatic rings. The van der Waals surface area contributed by atoms with Gasteiger partial charge in [-0.3, -0.25) is 0 Å².